The predicted octanol–water partition coefficient (Wildman–Crippen LogP) is 5.02. The van der Waals surface area contributed by atoms with Crippen molar-refractivity contribution in [3.63, 3.8) is 0 Å². The molecule has 0 amide bonds. The van der Waals surface area contributed by atoms with Crippen LogP contribution >= 0.6 is 11.1 Å². The van der Waals surface area contributed by atoms with Gasteiger partial charge in [0, 0.05) is 0 Å². The van der Waals surface area contributed by atoms with E-state index < -0.39 is 7.38 Å². The summed E-state index contributed by atoms with van der Waals surface area (Å²) in [5.41, 5.74) is 2.91. The summed E-state index contributed by atoms with van der Waals surface area (Å²) in [6, 6.07) is 9.51. The number of benzene rings is 1. The molecule has 0 fully saturated rings. The molecule has 0 aliphatic carbocycles. The maximum Gasteiger partial charge on any atom is 0.186 e. The Balaban J connectivity index is 3.17. The summed E-state index contributed by atoms with van der Waals surface area (Å²) in [4.78, 5) is 0. The quantitative estimate of drug-likeness (QED) is 0.486. The van der Waals surface area contributed by atoms with Gasteiger partial charge in [0.1, 0.15) is 0 Å². The van der Waals surface area contributed by atoms with Gasteiger partial charge in [-0.2, -0.15) is 11.1 Å². The van der Waals surface area contributed by atoms with Gasteiger partial charge in [0.15, 0.2) is 7.38 Å². The third-order valence-corrected chi connectivity index (χ3v) is 9.38. The molecule has 0 saturated carbocycles. The Bertz CT molecular complexity index is 345. The van der Waals surface area contributed by atoms with E-state index in [9.17, 15) is 0 Å². The summed E-state index contributed by atoms with van der Waals surface area (Å²) in [6.07, 6.45) is 4.63. The van der Waals surface area contributed by atoms with Crippen molar-refractivity contribution < 1.29 is 0 Å². The normalized spacial score (nSPS) is 11.8. The summed E-state index contributed by atoms with van der Waals surface area (Å²) < 4.78 is 0. The van der Waals surface area contributed by atoms with Crippen LogP contribution < -0.4 is 5.19 Å². The van der Waals surface area contributed by atoms with Crippen LogP contribution in [0.3, 0.4) is 0 Å². The minimum atomic E-state index is -1.75. The largest absolute Gasteiger partial charge is 0.186 e. The van der Waals surface area contributed by atoms with E-state index in [0.29, 0.717) is 0 Å². The van der Waals surface area contributed by atoms with Crippen molar-refractivity contribution in [2.45, 2.75) is 65.5 Å². The first-order valence-corrected chi connectivity index (χ1v) is 10.8. The Hall–Kier alpha value is -0.273. The monoisotopic (exact) mass is 282 g/mol. The highest BCUT2D eigenvalue weighted by atomic mass is 35.6. The highest BCUT2D eigenvalue weighted by Gasteiger charge is 2.31. The van der Waals surface area contributed by atoms with Gasteiger partial charge in [0.05, 0.1) is 0 Å². The van der Waals surface area contributed by atoms with Gasteiger partial charge in [-0.05, 0) is 41.2 Å². The molecule has 18 heavy (non-hydrogen) atoms. The van der Waals surface area contributed by atoms with E-state index in [1.165, 1.54) is 41.2 Å². The van der Waals surface area contributed by atoms with E-state index in [1.54, 1.807) is 0 Å². The maximum absolute atomic E-state index is 7.06. The molecule has 0 heterocycles. The number of hydrogen-bond donors (Lipinski definition) is 0. The van der Waals surface area contributed by atoms with Gasteiger partial charge in [0.2, 0.25) is 0 Å². The topological polar surface area (TPSA) is 0 Å². The van der Waals surface area contributed by atoms with E-state index in [-0.39, 0.29) is 0 Å². The SMILES string of the molecule is CCC[Si](Cl)(CCC)c1cc(CC)cc(CC)c1. The second kappa shape index (κ2) is 7.35. The molecule has 2 heteroatoms. The molecule has 0 saturated heterocycles. The molecule has 0 spiro atoms. The number of hydrogen-bond acceptors (Lipinski definition) is 0. The molecular weight excluding hydrogens is 256 g/mol. The second-order valence-corrected chi connectivity index (χ2v) is 10.9. The molecule has 0 aromatic heterocycles. The highest BCUT2D eigenvalue weighted by molar-refractivity contribution is 7.27. The van der Waals surface area contributed by atoms with Gasteiger partial charge < -0.3 is 0 Å². The van der Waals surface area contributed by atoms with Gasteiger partial charge in [0.25, 0.3) is 0 Å². The summed E-state index contributed by atoms with van der Waals surface area (Å²) in [7, 11) is -1.75. The third kappa shape index (κ3) is 3.86. The zero-order valence-electron chi connectivity index (χ0n) is 12.4. The van der Waals surface area contributed by atoms with Crippen LogP contribution in [-0.4, -0.2) is 7.38 Å². The smallest absolute Gasteiger partial charge is 0.161 e. The summed E-state index contributed by atoms with van der Waals surface area (Å²) in [5, 5.41) is 1.48. The van der Waals surface area contributed by atoms with E-state index in [1.807, 2.05) is 0 Å². The van der Waals surface area contributed by atoms with Crippen LogP contribution in [0, 0.1) is 0 Å². The molecule has 0 atom stereocenters. The van der Waals surface area contributed by atoms with Crippen LogP contribution in [0.2, 0.25) is 12.1 Å². The van der Waals surface area contributed by atoms with Crippen molar-refractivity contribution >= 4 is 23.6 Å². The summed E-state index contributed by atoms with van der Waals surface area (Å²) in [5.74, 6) is 0. The molecule has 0 bridgehead atoms. The molecule has 0 aliphatic heterocycles. The Kier molecular flexibility index (Phi) is 6.44. The van der Waals surface area contributed by atoms with Crippen molar-refractivity contribution in [1.82, 2.24) is 0 Å². The molecular formula is C16H27ClSi. The molecule has 102 valence electrons. The van der Waals surface area contributed by atoms with Gasteiger partial charge in [-0.1, -0.05) is 58.7 Å². The van der Waals surface area contributed by atoms with E-state index in [4.69, 9.17) is 11.1 Å². The van der Waals surface area contributed by atoms with Gasteiger partial charge in [-0.25, -0.2) is 0 Å². The van der Waals surface area contributed by atoms with Gasteiger partial charge in [-0.3, -0.25) is 0 Å². The van der Waals surface area contributed by atoms with Crippen LogP contribution in [0.25, 0.3) is 0 Å². The first kappa shape index (κ1) is 15.8. The van der Waals surface area contributed by atoms with Crippen LogP contribution in [0.5, 0.6) is 0 Å². The van der Waals surface area contributed by atoms with Crippen molar-refractivity contribution in [3.05, 3.63) is 29.3 Å². The molecule has 0 nitrogen and oxygen atoms in total. The Morgan fingerprint density at radius 2 is 1.28 bits per heavy atom. The average Bonchev–Trinajstić information content (AvgIpc) is 2.38. The Morgan fingerprint density at radius 3 is 1.61 bits per heavy atom. The predicted molar refractivity (Wildman–Crippen MR) is 86.6 cm³/mol. The number of aryl methyl sites for hydroxylation is 2. The average molecular weight is 283 g/mol. The van der Waals surface area contributed by atoms with Crippen LogP contribution in [0.15, 0.2) is 18.2 Å². The van der Waals surface area contributed by atoms with Gasteiger partial charge >= 0.3 is 0 Å². The fourth-order valence-electron chi connectivity index (χ4n) is 2.64. The van der Waals surface area contributed by atoms with Crippen LogP contribution in [-0.2, 0) is 12.8 Å². The standard InChI is InChI=1S/C16H27ClSi/c1-5-9-18(17,10-6-2)16-12-14(7-3)11-15(8-4)13-16/h11-13H,5-10H2,1-4H3. The molecule has 1 aromatic rings. The van der Waals surface area contributed by atoms with E-state index >= 15 is 0 Å². The number of halogens is 1. The maximum atomic E-state index is 7.06. The molecule has 1 rings (SSSR count). The minimum Gasteiger partial charge on any atom is -0.161 e. The summed E-state index contributed by atoms with van der Waals surface area (Å²) >= 11 is 7.06. The van der Waals surface area contributed by atoms with Crippen molar-refractivity contribution in [1.29, 1.82) is 0 Å². The Morgan fingerprint density at radius 1 is 0.833 bits per heavy atom. The van der Waals surface area contributed by atoms with Crippen molar-refractivity contribution in [3.8, 4) is 0 Å². The minimum absolute atomic E-state index is 1.11. The zero-order valence-corrected chi connectivity index (χ0v) is 14.1. The van der Waals surface area contributed by atoms with Crippen LogP contribution in [0.4, 0.5) is 0 Å². The highest BCUT2D eigenvalue weighted by Crippen LogP contribution is 2.25. The zero-order chi connectivity index (χ0) is 13.6. The second-order valence-electron chi connectivity index (χ2n) is 5.21. The molecule has 0 radical (unpaired) electrons. The number of rotatable bonds is 7. The molecule has 0 unspecified atom stereocenters. The molecule has 0 N–H and O–H groups in total. The lowest BCUT2D eigenvalue weighted by molar-refractivity contribution is 1.00. The first-order chi connectivity index (χ1) is 8.59. The fourth-order valence-corrected chi connectivity index (χ4v) is 7.40. The van der Waals surface area contributed by atoms with E-state index in [0.717, 1.165) is 12.8 Å². The first-order valence-electron chi connectivity index (χ1n) is 7.41. The lowest BCUT2D eigenvalue weighted by atomic mass is 10.1. The van der Waals surface area contributed by atoms with Crippen molar-refractivity contribution in [2.24, 2.45) is 0 Å². The molecule has 1 aromatic carbocycles. The van der Waals surface area contributed by atoms with Crippen molar-refractivity contribution in [2.75, 3.05) is 0 Å². The lowest BCUT2D eigenvalue weighted by Gasteiger charge is -2.25. The fraction of sp³-hybridized carbons (Fsp3) is 0.625. The summed E-state index contributed by atoms with van der Waals surface area (Å²) in [6.45, 7) is 8.97. The van der Waals surface area contributed by atoms with Gasteiger partial charge in [-0.15, -0.1) is 0 Å². The Labute approximate surface area is 118 Å². The van der Waals surface area contributed by atoms with E-state index in [2.05, 4.69) is 45.9 Å². The molecule has 0 aliphatic rings. The van der Waals surface area contributed by atoms with Crippen LogP contribution in [0.1, 0.15) is 51.7 Å². The third-order valence-electron chi connectivity index (χ3n) is 3.68. The lowest BCUT2D eigenvalue weighted by Crippen LogP contribution is -2.42.